The zero-order valence-electron chi connectivity index (χ0n) is 12.1. The minimum atomic E-state index is -0.240. The molecule has 3 aromatic rings. The van der Waals surface area contributed by atoms with Crippen molar-refractivity contribution in [1.82, 2.24) is 4.98 Å². The summed E-state index contributed by atoms with van der Waals surface area (Å²) in [5.41, 5.74) is 1.28. The average Bonchev–Trinajstić information content (AvgIpc) is 3.04. The maximum absolute atomic E-state index is 13.8. The molecule has 0 bridgehead atoms. The quantitative estimate of drug-likeness (QED) is 0.718. The number of piperazine rings is 1. The standard InChI is InChI=1S/C17H16FN3S/c18-14-3-2-7-19-17(14)21-10-8-20(9-11-21)15-4-1-5-16-13(15)6-12-22-16/h1-7,12H,8-11H2. The fourth-order valence-electron chi connectivity index (χ4n) is 3.02. The maximum atomic E-state index is 13.8. The number of rotatable bonds is 2. The highest BCUT2D eigenvalue weighted by molar-refractivity contribution is 7.17. The molecule has 0 spiro atoms. The van der Waals surface area contributed by atoms with E-state index in [2.05, 4.69) is 39.5 Å². The number of aromatic nitrogens is 1. The number of hydrogen-bond donors (Lipinski definition) is 0. The Morgan fingerprint density at radius 1 is 0.955 bits per heavy atom. The normalized spacial score (nSPS) is 15.5. The van der Waals surface area contributed by atoms with Crippen LogP contribution < -0.4 is 9.80 Å². The van der Waals surface area contributed by atoms with E-state index in [1.807, 2.05) is 4.90 Å². The SMILES string of the molecule is Fc1cccnc1N1CCN(c2cccc3sccc23)CC1. The van der Waals surface area contributed by atoms with E-state index < -0.39 is 0 Å². The van der Waals surface area contributed by atoms with Gasteiger partial charge in [0.2, 0.25) is 0 Å². The molecule has 0 N–H and O–H groups in total. The van der Waals surface area contributed by atoms with Gasteiger partial charge in [-0.15, -0.1) is 11.3 Å². The van der Waals surface area contributed by atoms with Crippen LogP contribution in [0.25, 0.3) is 10.1 Å². The molecule has 3 heterocycles. The van der Waals surface area contributed by atoms with Gasteiger partial charge in [0.1, 0.15) is 0 Å². The zero-order valence-corrected chi connectivity index (χ0v) is 12.9. The molecular formula is C17H16FN3S. The molecule has 112 valence electrons. The van der Waals surface area contributed by atoms with Crippen LogP contribution in [0.4, 0.5) is 15.9 Å². The molecule has 5 heteroatoms. The average molecular weight is 313 g/mol. The summed E-state index contributed by atoms with van der Waals surface area (Å²) in [6, 6.07) is 11.7. The van der Waals surface area contributed by atoms with Crippen molar-refractivity contribution in [3.63, 3.8) is 0 Å². The van der Waals surface area contributed by atoms with Gasteiger partial charge in [0.05, 0.1) is 0 Å². The van der Waals surface area contributed by atoms with Crippen molar-refractivity contribution >= 4 is 32.9 Å². The predicted molar refractivity (Wildman–Crippen MR) is 90.4 cm³/mol. The number of hydrogen-bond acceptors (Lipinski definition) is 4. The van der Waals surface area contributed by atoms with Gasteiger partial charge in [0, 0.05) is 48.1 Å². The van der Waals surface area contributed by atoms with Crippen molar-refractivity contribution in [3.05, 3.63) is 53.8 Å². The van der Waals surface area contributed by atoms with E-state index in [1.165, 1.54) is 21.8 Å². The topological polar surface area (TPSA) is 19.4 Å². The molecular weight excluding hydrogens is 297 g/mol. The van der Waals surface area contributed by atoms with Crippen LogP contribution in [0.3, 0.4) is 0 Å². The molecule has 1 aliphatic rings. The maximum Gasteiger partial charge on any atom is 0.165 e. The number of benzene rings is 1. The van der Waals surface area contributed by atoms with E-state index >= 15 is 0 Å². The van der Waals surface area contributed by atoms with Gasteiger partial charge in [-0.25, -0.2) is 9.37 Å². The van der Waals surface area contributed by atoms with Gasteiger partial charge in [-0.3, -0.25) is 0 Å². The Balaban J connectivity index is 1.55. The monoisotopic (exact) mass is 313 g/mol. The third-order valence-electron chi connectivity index (χ3n) is 4.13. The van der Waals surface area contributed by atoms with Gasteiger partial charge in [0.25, 0.3) is 0 Å². The van der Waals surface area contributed by atoms with Gasteiger partial charge in [-0.1, -0.05) is 6.07 Å². The lowest BCUT2D eigenvalue weighted by molar-refractivity contribution is 0.589. The minimum Gasteiger partial charge on any atom is -0.367 e. The van der Waals surface area contributed by atoms with Crippen LogP contribution in [0.1, 0.15) is 0 Å². The lowest BCUT2D eigenvalue weighted by atomic mass is 10.2. The first-order chi connectivity index (χ1) is 10.8. The highest BCUT2D eigenvalue weighted by Crippen LogP contribution is 2.31. The summed E-state index contributed by atoms with van der Waals surface area (Å²) in [6.45, 7) is 3.33. The van der Waals surface area contributed by atoms with E-state index in [0.29, 0.717) is 5.82 Å². The number of fused-ring (bicyclic) bond motifs is 1. The molecule has 0 aliphatic carbocycles. The molecule has 0 saturated carbocycles. The van der Waals surface area contributed by atoms with Gasteiger partial charge in [0.15, 0.2) is 11.6 Å². The van der Waals surface area contributed by atoms with Crippen LogP contribution in [0.2, 0.25) is 0 Å². The van der Waals surface area contributed by atoms with Crippen molar-refractivity contribution in [3.8, 4) is 0 Å². The molecule has 1 fully saturated rings. The van der Waals surface area contributed by atoms with Crippen molar-refractivity contribution in [2.75, 3.05) is 36.0 Å². The van der Waals surface area contributed by atoms with Crippen molar-refractivity contribution in [2.24, 2.45) is 0 Å². The van der Waals surface area contributed by atoms with Crippen LogP contribution in [0.15, 0.2) is 48.0 Å². The lowest BCUT2D eigenvalue weighted by Crippen LogP contribution is -2.47. The largest absolute Gasteiger partial charge is 0.367 e. The Morgan fingerprint density at radius 3 is 2.59 bits per heavy atom. The van der Waals surface area contributed by atoms with Crippen molar-refractivity contribution in [1.29, 1.82) is 0 Å². The summed E-state index contributed by atoms with van der Waals surface area (Å²) >= 11 is 1.77. The molecule has 4 rings (SSSR count). The van der Waals surface area contributed by atoms with Gasteiger partial charge < -0.3 is 9.80 Å². The third-order valence-corrected chi connectivity index (χ3v) is 5.01. The number of halogens is 1. The summed E-state index contributed by atoms with van der Waals surface area (Å²) in [5, 5.41) is 3.44. The first-order valence-electron chi connectivity index (χ1n) is 7.39. The summed E-state index contributed by atoms with van der Waals surface area (Å²) in [7, 11) is 0. The Kier molecular flexibility index (Phi) is 3.42. The fourth-order valence-corrected chi connectivity index (χ4v) is 3.83. The molecule has 0 amide bonds. The van der Waals surface area contributed by atoms with Gasteiger partial charge in [-0.05, 0) is 35.7 Å². The molecule has 0 radical (unpaired) electrons. The smallest absolute Gasteiger partial charge is 0.165 e. The van der Waals surface area contributed by atoms with Crippen LogP contribution >= 0.6 is 11.3 Å². The van der Waals surface area contributed by atoms with Gasteiger partial charge >= 0.3 is 0 Å². The number of pyridine rings is 1. The Bertz CT molecular complexity index is 793. The van der Waals surface area contributed by atoms with E-state index in [-0.39, 0.29) is 5.82 Å². The molecule has 3 nitrogen and oxygen atoms in total. The molecule has 22 heavy (non-hydrogen) atoms. The van der Waals surface area contributed by atoms with Crippen LogP contribution in [0, 0.1) is 5.82 Å². The predicted octanol–water partition coefficient (Wildman–Crippen LogP) is 3.76. The number of thiophene rings is 1. The Hall–Kier alpha value is -2.14. The second-order valence-corrected chi connectivity index (χ2v) is 6.34. The fraction of sp³-hybridized carbons (Fsp3) is 0.235. The van der Waals surface area contributed by atoms with Crippen LogP contribution in [-0.4, -0.2) is 31.2 Å². The van der Waals surface area contributed by atoms with E-state index in [1.54, 1.807) is 23.6 Å². The highest BCUT2D eigenvalue weighted by atomic mass is 32.1. The molecule has 2 aromatic heterocycles. The van der Waals surface area contributed by atoms with E-state index in [4.69, 9.17) is 0 Å². The molecule has 0 atom stereocenters. The first kappa shape index (κ1) is 13.5. The van der Waals surface area contributed by atoms with Crippen molar-refractivity contribution < 1.29 is 4.39 Å². The van der Waals surface area contributed by atoms with Crippen molar-refractivity contribution in [2.45, 2.75) is 0 Å². The Morgan fingerprint density at radius 2 is 1.77 bits per heavy atom. The minimum absolute atomic E-state index is 0.240. The Labute approximate surface area is 132 Å². The van der Waals surface area contributed by atoms with Crippen LogP contribution in [0.5, 0.6) is 0 Å². The molecule has 1 saturated heterocycles. The summed E-state index contributed by atoms with van der Waals surface area (Å²) in [4.78, 5) is 8.58. The molecule has 0 unspecified atom stereocenters. The molecule has 1 aromatic carbocycles. The highest BCUT2D eigenvalue weighted by Gasteiger charge is 2.21. The summed E-state index contributed by atoms with van der Waals surface area (Å²) < 4.78 is 15.2. The molecule has 1 aliphatic heterocycles. The van der Waals surface area contributed by atoms with E-state index in [0.717, 1.165) is 26.2 Å². The lowest BCUT2D eigenvalue weighted by Gasteiger charge is -2.37. The van der Waals surface area contributed by atoms with Crippen LogP contribution in [-0.2, 0) is 0 Å². The summed E-state index contributed by atoms with van der Waals surface area (Å²) in [5.74, 6) is 0.228. The summed E-state index contributed by atoms with van der Waals surface area (Å²) in [6.07, 6.45) is 1.65. The second kappa shape index (κ2) is 5.57. The van der Waals surface area contributed by atoms with Gasteiger partial charge in [-0.2, -0.15) is 0 Å². The zero-order chi connectivity index (χ0) is 14.9. The second-order valence-electron chi connectivity index (χ2n) is 5.39. The number of nitrogens with zero attached hydrogens (tertiary/aromatic N) is 3. The first-order valence-corrected chi connectivity index (χ1v) is 8.27. The van der Waals surface area contributed by atoms with E-state index in [9.17, 15) is 4.39 Å². The number of anilines is 2. The third kappa shape index (κ3) is 2.31.